The molecular formula is C40H26. The monoisotopic (exact) mass is 506 g/mol. The van der Waals surface area contributed by atoms with Gasteiger partial charge in [0.25, 0.3) is 0 Å². The molecule has 0 nitrogen and oxygen atoms in total. The van der Waals surface area contributed by atoms with E-state index < -0.39 is 0 Å². The molecule has 0 aliphatic rings. The number of benzene rings is 8. The largest absolute Gasteiger partial charge is 0.0622 e. The lowest BCUT2D eigenvalue weighted by Crippen LogP contribution is -1.92. The molecule has 0 fully saturated rings. The first-order valence-corrected chi connectivity index (χ1v) is 13.9. The number of hydrogen-bond donors (Lipinski definition) is 0. The maximum Gasteiger partial charge on any atom is -0.00201 e. The minimum Gasteiger partial charge on any atom is -0.0622 e. The van der Waals surface area contributed by atoms with Crippen molar-refractivity contribution in [1.82, 2.24) is 0 Å². The molecule has 8 aromatic rings. The lowest BCUT2D eigenvalue weighted by Gasteiger charge is -2.20. The van der Waals surface area contributed by atoms with E-state index in [2.05, 4.69) is 158 Å². The van der Waals surface area contributed by atoms with Gasteiger partial charge in [0.1, 0.15) is 0 Å². The molecule has 0 radical (unpaired) electrons. The minimum absolute atomic E-state index is 1.24. The Labute approximate surface area is 233 Å². The first kappa shape index (κ1) is 22.8. The van der Waals surface area contributed by atoms with Crippen molar-refractivity contribution in [3.05, 3.63) is 158 Å². The molecule has 0 aliphatic carbocycles. The third kappa shape index (κ3) is 3.54. The molecule has 0 heterocycles. The second kappa shape index (κ2) is 9.22. The Hall–Kier alpha value is -5.20. The predicted octanol–water partition coefficient (Wildman–Crippen LogP) is 11.3. The third-order valence-corrected chi connectivity index (χ3v) is 8.25. The van der Waals surface area contributed by atoms with Crippen LogP contribution in [-0.2, 0) is 0 Å². The van der Waals surface area contributed by atoms with Crippen molar-refractivity contribution in [3.63, 3.8) is 0 Å². The van der Waals surface area contributed by atoms with Gasteiger partial charge in [-0.25, -0.2) is 0 Å². The standard InChI is InChI=1S/C40H26/c1-2-13-28(14-3-1)31-24-25-38(33-17-7-6-16-32(31)33)40-36-20-10-8-18-34(36)39(35-19-9-11-21-37(35)40)30-23-22-27-12-4-5-15-29(27)26-30/h1-26H. The summed E-state index contributed by atoms with van der Waals surface area (Å²) in [5.74, 6) is 0. The van der Waals surface area contributed by atoms with Gasteiger partial charge >= 0.3 is 0 Å². The van der Waals surface area contributed by atoms with Crippen molar-refractivity contribution >= 4 is 43.1 Å². The summed E-state index contributed by atoms with van der Waals surface area (Å²) in [6.45, 7) is 0. The topological polar surface area (TPSA) is 0 Å². The maximum atomic E-state index is 2.34. The molecule has 40 heavy (non-hydrogen) atoms. The van der Waals surface area contributed by atoms with E-state index in [0.29, 0.717) is 0 Å². The van der Waals surface area contributed by atoms with Gasteiger partial charge < -0.3 is 0 Å². The van der Waals surface area contributed by atoms with Gasteiger partial charge in [0.05, 0.1) is 0 Å². The molecule has 0 amide bonds. The second-order valence-electron chi connectivity index (χ2n) is 10.5. The Balaban J connectivity index is 1.48. The Morgan fingerprint density at radius 3 is 1.38 bits per heavy atom. The van der Waals surface area contributed by atoms with E-state index in [-0.39, 0.29) is 0 Å². The lowest BCUT2D eigenvalue weighted by atomic mass is 9.83. The molecule has 8 rings (SSSR count). The van der Waals surface area contributed by atoms with Crippen LogP contribution in [0.3, 0.4) is 0 Å². The summed E-state index contributed by atoms with van der Waals surface area (Å²) in [4.78, 5) is 0. The maximum absolute atomic E-state index is 2.34. The SMILES string of the molecule is c1ccc(-c2ccc(-c3c4ccccc4c(-c4ccc5ccccc5c4)c4ccccc34)c3ccccc23)cc1. The molecule has 0 unspecified atom stereocenters. The minimum atomic E-state index is 1.24. The summed E-state index contributed by atoms with van der Waals surface area (Å²) in [5.41, 5.74) is 7.63. The van der Waals surface area contributed by atoms with Crippen LogP contribution in [-0.4, -0.2) is 0 Å². The molecule has 0 N–H and O–H groups in total. The van der Waals surface area contributed by atoms with Gasteiger partial charge in [0.2, 0.25) is 0 Å². The van der Waals surface area contributed by atoms with E-state index in [1.165, 1.54) is 76.5 Å². The molecule has 0 aromatic heterocycles. The molecule has 0 atom stereocenters. The van der Waals surface area contributed by atoms with Crippen LogP contribution in [0.2, 0.25) is 0 Å². The molecular weight excluding hydrogens is 480 g/mol. The summed E-state index contributed by atoms with van der Waals surface area (Å²) >= 11 is 0. The van der Waals surface area contributed by atoms with E-state index in [1.807, 2.05) is 0 Å². The van der Waals surface area contributed by atoms with Crippen LogP contribution in [0.25, 0.3) is 76.5 Å². The second-order valence-corrected chi connectivity index (χ2v) is 10.5. The van der Waals surface area contributed by atoms with Crippen molar-refractivity contribution in [3.8, 4) is 33.4 Å². The zero-order chi connectivity index (χ0) is 26.5. The quantitative estimate of drug-likeness (QED) is 0.209. The van der Waals surface area contributed by atoms with Crippen molar-refractivity contribution in [1.29, 1.82) is 0 Å². The van der Waals surface area contributed by atoms with E-state index in [1.54, 1.807) is 0 Å². The first-order valence-electron chi connectivity index (χ1n) is 13.9. The molecule has 0 saturated carbocycles. The third-order valence-electron chi connectivity index (χ3n) is 8.25. The van der Waals surface area contributed by atoms with Gasteiger partial charge in [-0.15, -0.1) is 0 Å². The number of hydrogen-bond acceptors (Lipinski definition) is 0. The molecule has 0 heteroatoms. The number of rotatable bonds is 3. The van der Waals surface area contributed by atoms with Crippen LogP contribution >= 0.6 is 0 Å². The van der Waals surface area contributed by atoms with E-state index >= 15 is 0 Å². The van der Waals surface area contributed by atoms with Crippen molar-refractivity contribution < 1.29 is 0 Å². The fourth-order valence-electron chi connectivity index (χ4n) is 6.46. The van der Waals surface area contributed by atoms with Crippen molar-refractivity contribution in [2.75, 3.05) is 0 Å². The van der Waals surface area contributed by atoms with Crippen LogP contribution in [0.4, 0.5) is 0 Å². The van der Waals surface area contributed by atoms with Crippen LogP contribution in [0.1, 0.15) is 0 Å². The smallest absolute Gasteiger partial charge is 0.00201 e. The fraction of sp³-hybridized carbons (Fsp3) is 0. The van der Waals surface area contributed by atoms with Crippen molar-refractivity contribution in [2.24, 2.45) is 0 Å². The van der Waals surface area contributed by atoms with Gasteiger partial charge in [0.15, 0.2) is 0 Å². The van der Waals surface area contributed by atoms with Gasteiger partial charge in [-0.1, -0.05) is 152 Å². The van der Waals surface area contributed by atoms with Crippen LogP contribution in [0.15, 0.2) is 158 Å². The number of fused-ring (bicyclic) bond motifs is 4. The average Bonchev–Trinajstić information content (AvgIpc) is 3.03. The first-order chi connectivity index (χ1) is 19.9. The average molecular weight is 507 g/mol. The molecule has 0 saturated heterocycles. The fourth-order valence-corrected chi connectivity index (χ4v) is 6.46. The summed E-state index contributed by atoms with van der Waals surface area (Å²) in [5, 5.41) is 10.2. The summed E-state index contributed by atoms with van der Waals surface area (Å²) in [7, 11) is 0. The highest BCUT2D eigenvalue weighted by atomic mass is 14.2. The van der Waals surface area contributed by atoms with E-state index in [9.17, 15) is 0 Å². The Morgan fingerprint density at radius 2 is 0.725 bits per heavy atom. The highest BCUT2D eigenvalue weighted by Crippen LogP contribution is 2.46. The lowest BCUT2D eigenvalue weighted by molar-refractivity contribution is 1.64. The van der Waals surface area contributed by atoms with Crippen LogP contribution < -0.4 is 0 Å². The summed E-state index contributed by atoms with van der Waals surface area (Å²) in [6.07, 6.45) is 0. The van der Waals surface area contributed by atoms with Gasteiger partial charge in [-0.2, -0.15) is 0 Å². The molecule has 186 valence electrons. The summed E-state index contributed by atoms with van der Waals surface area (Å²) in [6, 6.07) is 57.5. The highest BCUT2D eigenvalue weighted by Gasteiger charge is 2.18. The van der Waals surface area contributed by atoms with Gasteiger partial charge in [0, 0.05) is 0 Å². The predicted molar refractivity (Wildman–Crippen MR) is 173 cm³/mol. The van der Waals surface area contributed by atoms with Crippen LogP contribution in [0, 0.1) is 0 Å². The Morgan fingerprint density at radius 1 is 0.250 bits per heavy atom. The van der Waals surface area contributed by atoms with Gasteiger partial charge in [-0.3, -0.25) is 0 Å². The van der Waals surface area contributed by atoms with E-state index in [0.717, 1.165) is 0 Å². The van der Waals surface area contributed by atoms with E-state index in [4.69, 9.17) is 0 Å². The molecule has 0 bridgehead atoms. The molecule has 8 aromatic carbocycles. The Bertz CT molecular complexity index is 2150. The summed E-state index contributed by atoms with van der Waals surface area (Å²) < 4.78 is 0. The Kier molecular flexibility index (Phi) is 5.24. The highest BCUT2D eigenvalue weighted by molar-refractivity contribution is 6.24. The van der Waals surface area contributed by atoms with Crippen molar-refractivity contribution in [2.45, 2.75) is 0 Å². The molecule has 0 aliphatic heterocycles. The zero-order valence-electron chi connectivity index (χ0n) is 22.0. The normalized spacial score (nSPS) is 11.5. The van der Waals surface area contributed by atoms with Crippen LogP contribution in [0.5, 0.6) is 0 Å². The molecule has 0 spiro atoms. The zero-order valence-corrected chi connectivity index (χ0v) is 22.0. The van der Waals surface area contributed by atoms with Gasteiger partial charge in [-0.05, 0) is 82.5 Å².